The van der Waals surface area contributed by atoms with E-state index in [1.807, 2.05) is 18.2 Å². The third-order valence-corrected chi connectivity index (χ3v) is 2.67. The Balaban J connectivity index is 0. The fourth-order valence-electron chi connectivity index (χ4n) is 0.823. The van der Waals surface area contributed by atoms with Crippen LogP contribution in [0.3, 0.4) is 0 Å². The van der Waals surface area contributed by atoms with Crippen LogP contribution in [0.1, 0.15) is 19.4 Å². The summed E-state index contributed by atoms with van der Waals surface area (Å²) in [5.74, 6) is 0. The largest absolute Gasteiger partial charge is 1.00 e. The summed E-state index contributed by atoms with van der Waals surface area (Å²) in [6.07, 6.45) is 0. The molecule has 0 atom stereocenters. The minimum atomic E-state index is 0. The zero-order valence-electron chi connectivity index (χ0n) is 8.76. The molecule has 0 aliphatic rings. The topological polar surface area (TPSA) is 0 Å². The third kappa shape index (κ3) is 12.0. The fraction of sp³-hybridized carbons (Fsp3) is 0.455. The van der Waals surface area contributed by atoms with Crippen molar-refractivity contribution in [3.8, 4) is 0 Å². The minimum Gasteiger partial charge on any atom is -1.00 e. The maximum absolute atomic E-state index is 2.25. The molecule has 2 heteroatoms. The SMILES string of the molecule is C[CH2][Al+][CH2]C.Cc1ccccc1.[Cl-]. The van der Waals surface area contributed by atoms with Crippen LogP contribution in [0.25, 0.3) is 0 Å². The molecular formula is C11H18AlCl. The van der Waals surface area contributed by atoms with Gasteiger partial charge in [-0.3, -0.25) is 0 Å². The summed E-state index contributed by atoms with van der Waals surface area (Å²) in [6, 6.07) is 10.3. The maximum atomic E-state index is 2.25. The van der Waals surface area contributed by atoms with Crippen LogP contribution in [-0.4, -0.2) is 15.2 Å². The van der Waals surface area contributed by atoms with Gasteiger partial charge in [-0.25, -0.2) is 0 Å². The van der Waals surface area contributed by atoms with Gasteiger partial charge in [-0.1, -0.05) is 35.9 Å². The van der Waals surface area contributed by atoms with Crippen molar-refractivity contribution >= 4 is 15.2 Å². The van der Waals surface area contributed by atoms with Crippen LogP contribution in [0.4, 0.5) is 0 Å². The van der Waals surface area contributed by atoms with Crippen LogP contribution in [0.5, 0.6) is 0 Å². The quantitative estimate of drug-likeness (QED) is 0.629. The molecule has 0 saturated carbocycles. The molecule has 0 bridgehead atoms. The first-order valence-electron chi connectivity index (χ1n) is 4.64. The van der Waals surface area contributed by atoms with E-state index in [0.29, 0.717) is 0 Å². The van der Waals surface area contributed by atoms with Gasteiger partial charge in [-0.15, -0.1) is 0 Å². The minimum absolute atomic E-state index is 0. The molecule has 1 aromatic rings. The van der Waals surface area contributed by atoms with Gasteiger partial charge >= 0.3 is 39.6 Å². The first-order valence-corrected chi connectivity index (χ1v) is 6.27. The van der Waals surface area contributed by atoms with Crippen molar-refractivity contribution in [3.63, 3.8) is 0 Å². The maximum Gasteiger partial charge on any atom is -0.0398 e. The molecule has 13 heavy (non-hydrogen) atoms. The van der Waals surface area contributed by atoms with E-state index in [1.54, 1.807) is 0 Å². The van der Waals surface area contributed by atoms with Gasteiger partial charge in [0.1, 0.15) is 0 Å². The van der Waals surface area contributed by atoms with E-state index in [9.17, 15) is 0 Å². The summed E-state index contributed by atoms with van der Waals surface area (Å²) < 4.78 is 0. The van der Waals surface area contributed by atoms with Crippen molar-refractivity contribution in [2.45, 2.75) is 31.3 Å². The zero-order valence-corrected chi connectivity index (χ0v) is 10.7. The predicted molar refractivity (Wildman–Crippen MR) is 57.9 cm³/mol. The van der Waals surface area contributed by atoms with Crippen LogP contribution >= 0.6 is 0 Å². The number of benzene rings is 1. The Bertz CT molecular complexity index is 173. The van der Waals surface area contributed by atoms with Crippen LogP contribution in [0, 0.1) is 6.92 Å². The third-order valence-electron chi connectivity index (χ3n) is 1.52. The molecule has 0 N–H and O–H groups in total. The Hall–Kier alpha value is 0.0425. The van der Waals surface area contributed by atoms with Gasteiger partial charge in [-0.05, 0) is 6.92 Å². The van der Waals surface area contributed by atoms with Gasteiger partial charge in [-0.2, -0.15) is 0 Å². The molecule has 0 amide bonds. The Labute approximate surface area is 94.9 Å². The van der Waals surface area contributed by atoms with Gasteiger partial charge in [0.15, 0.2) is 0 Å². The number of hydrogen-bond acceptors (Lipinski definition) is 0. The van der Waals surface area contributed by atoms with Crippen LogP contribution in [-0.2, 0) is 0 Å². The first kappa shape index (κ1) is 15.5. The van der Waals surface area contributed by atoms with Gasteiger partial charge in [0.05, 0.1) is 0 Å². The van der Waals surface area contributed by atoms with Crippen molar-refractivity contribution in [1.29, 1.82) is 0 Å². The van der Waals surface area contributed by atoms with Crippen LogP contribution in [0.2, 0.25) is 10.6 Å². The molecule has 0 unspecified atom stereocenters. The van der Waals surface area contributed by atoms with Crippen molar-refractivity contribution in [2.24, 2.45) is 0 Å². The second kappa shape index (κ2) is 12.0. The summed E-state index contributed by atoms with van der Waals surface area (Å²) in [5.41, 5.74) is 1.32. The molecule has 0 aliphatic heterocycles. The van der Waals surface area contributed by atoms with E-state index in [-0.39, 0.29) is 12.4 Å². The normalized spacial score (nSPS) is 7.31. The van der Waals surface area contributed by atoms with E-state index >= 15 is 0 Å². The summed E-state index contributed by atoms with van der Waals surface area (Å²) in [7, 11) is 0. The van der Waals surface area contributed by atoms with Crippen molar-refractivity contribution in [1.82, 2.24) is 0 Å². The molecule has 0 radical (unpaired) electrons. The smallest absolute Gasteiger partial charge is 0.0398 e. The Morgan fingerprint density at radius 3 is 1.62 bits per heavy atom. The average Bonchev–Trinajstić information content (AvgIpc) is 2.08. The number of hydrogen-bond donors (Lipinski definition) is 0. The van der Waals surface area contributed by atoms with E-state index < -0.39 is 0 Å². The van der Waals surface area contributed by atoms with E-state index in [2.05, 4.69) is 32.9 Å². The summed E-state index contributed by atoms with van der Waals surface area (Å²) in [4.78, 5) is 0. The summed E-state index contributed by atoms with van der Waals surface area (Å²) >= 11 is 0.815. The molecule has 1 rings (SSSR count). The second-order valence-corrected chi connectivity index (χ2v) is 4.97. The molecule has 1 aromatic carbocycles. The number of aryl methyl sites for hydroxylation is 1. The fourth-order valence-corrected chi connectivity index (χ4v) is 1.40. The van der Waals surface area contributed by atoms with Gasteiger partial charge < -0.3 is 12.4 Å². The Morgan fingerprint density at radius 2 is 1.46 bits per heavy atom. The Kier molecular flexibility index (Phi) is 14.4. The molecule has 0 aromatic heterocycles. The van der Waals surface area contributed by atoms with Crippen LogP contribution in [0.15, 0.2) is 30.3 Å². The number of halogens is 1. The summed E-state index contributed by atoms with van der Waals surface area (Å²) in [6.45, 7) is 6.58. The predicted octanol–water partition coefficient (Wildman–Crippen LogP) is 0.566. The molecule has 0 spiro atoms. The van der Waals surface area contributed by atoms with E-state index in [1.165, 1.54) is 16.1 Å². The molecular weight excluding hydrogens is 195 g/mol. The Morgan fingerprint density at radius 1 is 1.00 bits per heavy atom. The van der Waals surface area contributed by atoms with Gasteiger partial charge in [0.2, 0.25) is 0 Å². The van der Waals surface area contributed by atoms with Crippen molar-refractivity contribution in [3.05, 3.63) is 35.9 Å². The monoisotopic (exact) mass is 212 g/mol. The molecule has 72 valence electrons. The van der Waals surface area contributed by atoms with E-state index in [4.69, 9.17) is 0 Å². The van der Waals surface area contributed by atoms with E-state index in [0.717, 1.165) is 15.2 Å². The molecule has 0 aliphatic carbocycles. The zero-order chi connectivity index (χ0) is 9.23. The number of rotatable bonds is 2. The standard InChI is InChI=1S/C7H8.2C2H5.Al.ClH/c1-7-5-3-2-4-6-7;2*1-2;;/h2-6H,1H3;2*1H2,2H3;;1H/q;;;+1;/p-1. The van der Waals surface area contributed by atoms with Crippen molar-refractivity contribution < 1.29 is 12.4 Å². The average molecular weight is 213 g/mol. The molecule has 0 fully saturated rings. The first-order chi connectivity index (χ1) is 5.81. The summed E-state index contributed by atoms with van der Waals surface area (Å²) in [5, 5.41) is 2.85. The van der Waals surface area contributed by atoms with Crippen molar-refractivity contribution in [2.75, 3.05) is 0 Å². The molecule has 0 saturated heterocycles. The van der Waals surface area contributed by atoms with Gasteiger partial charge in [0, 0.05) is 0 Å². The molecule has 0 nitrogen and oxygen atoms in total. The van der Waals surface area contributed by atoms with Gasteiger partial charge in [0.25, 0.3) is 0 Å². The second-order valence-electron chi connectivity index (χ2n) is 2.76. The molecule has 0 heterocycles. The van der Waals surface area contributed by atoms with Crippen LogP contribution < -0.4 is 12.4 Å².